The van der Waals surface area contributed by atoms with E-state index >= 15 is 0 Å². The average molecular weight is 524 g/mol. The van der Waals surface area contributed by atoms with Crippen LogP contribution in [0.2, 0.25) is 0 Å². The molecule has 0 aromatic heterocycles. The van der Waals surface area contributed by atoms with E-state index in [-0.39, 0.29) is 10.8 Å². The number of carbonyl (C=O) groups excluding carboxylic acids is 1. The van der Waals surface area contributed by atoms with Crippen LogP contribution in [0.5, 0.6) is 0 Å². The van der Waals surface area contributed by atoms with Crippen molar-refractivity contribution < 1.29 is 4.79 Å². The molecule has 0 saturated carbocycles. The third kappa shape index (κ3) is 4.65. The van der Waals surface area contributed by atoms with Crippen LogP contribution in [0.3, 0.4) is 0 Å². The number of carbonyl (C=O) groups is 1. The highest BCUT2D eigenvalue weighted by atomic mass is 79.9. The van der Waals surface area contributed by atoms with Gasteiger partial charge in [-0.25, -0.2) is 0 Å². The van der Waals surface area contributed by atoms with Gasteiger partial charge in [0.2, 0.25) is 0 Å². The highest BCUT2D eigenvalue weighted by Crippen LogP contribution is 2.51. The largest absolute Gasteiger partial charge is 0.298 e. The Kier molecular flexibility index (Phi) is 6.05. The first-order valence-electron chi connectivity index (χ1n) is 12.3. The summed E-state index contributed by atoms with van der Waals surface area (Å²) >= 11 is 3.66. The fraction of sp³-hybridized carbons (Fsp3) is 0.242. The first-order chi connectivity index (χ1) is 16.7. The Labute approximate surface area is 216 Å². The topological polar surface area (TPSA) is 17.1 Å². The van der Waals surface area contributed by atoms with Gasteiger partial charge in [0.15, 0.2) is 0 Å². The Bertz CT molecular complexity index is 1520. The van der Waals surface area contributed by atoms with Crippen LogP contribution < -0.4 is 0 Å². The second kappa shape index (κ2) is 8.91. The van der Waals surface area contributed by atoms with E-state index in [2.05, 4.69) is 86.1 Å². The quantitative estimate of drug-likeness (QED) is 0.227. The van der Waals surface area contributed by atoms with Gasteiger partial charge in [0.1, 0.15) is 6.29 Å². The van der Waals surface area contributed by atoms with Crippen LogP contribution in [0.25, 0.3) is 27.1 Å². The molecular weight excluding hydrogens is 492 g/mol. The molecule has 4 aromatic rings. The minimum Gasteiger partial charge on any atom is -0.298 e. The van der Waals surface area contributed by atoms with Crippen molar-refractivity contribution in [2.75, 3.05) is 0 Å². The van der Waals surface area contributed by atoms with E-state index in [0.29, 0.717) is 0 Å². The van der Waals surface area contributed by atoms with Crippen molar-refractivity contribution in [3.63, 3.8) is 0 Å². The van der Waals surface area contributed by atoms with Crippen molar-refractivity contribution in [2.45, 2.75) is 46.0 Å². The third-order valence-corrected chi connectivity index (χ3v) is 7.76. The summed E-state index contributed by atoms with van der Waals surface area (Å²) in [5.74, 6) is 0. The molecule has 0 spiro atoms. The van der Waals surface area contributed by atoms with Crippen molar-refractivity contribution in [1.29, 1.82) is 0 Å². The third-order valence-electron chi connectivity index (χ3n) is 7.27. The number of fused-ring (bicyclic) bond motifs is 5. The summed E-state index contributed by atoms with van der Waals surface area (Å²) in [5, 5.41) is 5.01. The van der Waals surface area contributed by atoms with E-state index in [9.17, 15) is 4.79 Å². The molecule has 176 valence electrons. The Balaban J connectivity index is 0.000000178. The number of allylic oxidation sites excluding steroid dienone is 4. The van der Waals surface area contributed by atoms with Crippen LogP contribution >= 0.6 is 15.9 Å². The lowest BCUT2D eigenvalue weighted by atomic mass is 9.64. The normalized spacial score (nSPS) is 17.4. The first kappa shape index (κ1) is 23.8. The summed E-state index contributed by atoms with van der Waals surface area (Å²) < 4.78 is 1.16. The zero-order valence-corrected chi connectivity index (χ0v) is 22.4. The zero-order valence-electron chi connectivity index (χ0n) is 20.9. The number of benzene rings is 4. The molecule has 2 aliphatic carbocycles. The summed E-state index contributed by atoms with van der Waals surface area (Å²) in [6, 6.07) is 24.9. The van der Waals surface area contributed by atoms with E-state index in [1.807, 2.05) is 42.5 Å². The lowest BCUT2D eigenvalue weighted by molar-refractivity contribution is 0.112. The molecule has 2 heteroatoms. The van der Waals surface area contributed by atoms with Crippen molar-refractivity contribution in [1.82, 2.24) is 0 Å². The van der Waals surface area contributed by atoms with Crippen molar-refractivity contribution >= 4 is 49.3 Å². The fourth-order valence-corrected chi connectivity index (χ4v) is 6.08. The number of rotatable bonds is 1. The molecule has 2 aliphatic rings. The van der Waals surface area contributed by atoms with Gasteiger partial charge in [0, 0.05) is 10.0 Å². The highest BCUT2D eigenvalue weighted by Gasteiger charge is 2.36. The van der Waals surface area contributed by atoms with Crippen LogP contribution in [0.4, 0.5) is 0 Å². The van der Waals surface area contributed by atoms with Gasteiger partial charge in [-0.1, -0.05) is 116 Å². The lowest BCUT2D eigenvalue weighted by Crippen LogP contribution is -2.27. The van der Waals surface area contributed by atoms with Crippen molar-refractivity contribution in [3.05, 3.63) is 112 Å². The molecule has 0 atom stereocenters. The van der Waals surface area contributed by atoms with Gasteiger partial charge in [-0.3, -0.25) is 4.79 Å². The molecule has 6 rings (SSSR count). The maximum absolute atomic E-state index is 10.5. The van der Waals surface area contributed by atoms with Crippen LogP contribution in [0.15, 0.2) is 95.0 Å². The van der Waals surface area contributed by atoms with Gasteiger partial charge in [-0.05, 0) is 80.1 Å². The minimum absolute atomic E-state index is 0.176. The Morgan fingerprint density at radius 2 is 1.51 bits per heavy atom. The maximum Gasteiger partial charge on any atom is 0.150 e. The Hall–Kier alpha value is -2.97. The maximum atomic E-state index is 10.5. The second-order valence-corrected chi connectivity index (χ2v) is 12.1. The molecule has 0 heterocycles. The smallest absolute Gasteiger partial charge is 0.150 e. The van der Waals surface area contributed by atoms with E-state index in [1.165, 1.54) is 39.3 Å². The van der Waals surface area contributed by atoms with E-state index < -0.39 is 0 Å². The van der Waals surface area contributed by atoms with Crippen LogP contribution in [-0.4, -0.2) is 6.29 Å². The molecule has 0 aliphatic heterocycles. The summed E-state index contributed by atoms with van der Waals surface area (Å²) in [4.78, 5) is 10.5. The molecule has 35 heavy (non-hydrogen) atoms. The molecule has 0 bridgehead atoms. The molecule has 0 N–H and O–H groups in total. The van der Waals surface area contributed by atoms with Crippen molar-refractivity contribution in [3.8, 4) is 0 Å². The molecule has 4 aromatic carbocycles. The summed E-state index contributed by atoms with van der Waals surface area (Å²) in [6.07, 6.45) is 7.97. The second-order valence-electron chi connectivity index (χ2n) is 11.2. The van der Waals surface area contributed by atoms with E-state index in [1.54, 1.807) is 5.57 Å². The molecule has 1 nitrogen and oxygen atoms in total. The van der Waals surface area contributed by atoms with Crippen LogP contribution in [0.1, 0.15) is 62.0 Å². The van der Waals surface area contributed by atoms with Crippen LogP contribution in [0, 0.1) is 5.41 Å². The number of hydrogen-bond donors (Lipinski definition) is 0. The zero-order chi connectivity index (χ0) is 24.8. The minimum atomic E-state index is 0.176. The fourth-order valence-electron chi connectivity index (χ4n) is 5.72. The van der Waals surface area contributed by atoms with Gasteiger partial charge < -0.3 is 0 Å². The number of aldehydes is 1. The van der Waals surface area contributed by atoms with Gasteiger partial charge in [-0.2, -0.15) is 0 Å². The average Bonchev–Trinajstić information content (AvgIpc) is 2.82. The highest BCUT2D eigenvalue weighted by molar-refractivity contribution is 9.10. The van der Waals surface area contributed by atoms with Crippen molar-refractivity contribution in [2.24, 2.45) is 5.41 Å². The number of hydrogen-bond acceptors (Lipinski definition) is 1. The van der Waals surface area contributed by atoms with E-state index in [0.717, 1.165) is 28.1 Å². The predicted molar refractivity (Wildman–Crippen MR) is 153 cm³/mol. The molecule has 0 fully saturated rings. The summed E-state index contributed by atoms with van der Waals surface area (Å²) in [5.41, 5.74) is 7.24. The Morgan fingerprint density at radius 1 is 0.800 bits per heavy atom. The standard InChI is InChI=1S/C22H23Br.C11H8O/c1-21(2)10-9-17-15(12-21)13-22(3,4)20-18(17)8-6-14-5-7-16(23)11-19(14)20;12-8-9-5-6-10-3-1-2-4-11(10)7-9/h5-11H,12-13H2,1-4H3;1-8H. The molecule has 0 unspecified atom stereocenters. The molecular formula is C33H31BrO. The van der Waals surface area contributed by atoms with Gasteiger partial charge in [0.05, 0.1) is 0 Å². The van der Waals surface area contributed by atoms with Gasteiger partial charge in [-0.15, -0.1) is 0 Å². The SMILES string of the molecule is CC1(C)C=CC2=C(C1)CC(C)(C)c1c2ccc2ccc(Br)cc12.O=Cc1ccc2ccccc2c1. The lowest BCUT2D eigenvalue weighted by Gasteiger charge is -2.40. The monoisotopic (exact) mass is 522 g/mol. The molecule has 0 saturated heterocycles. The first-order valence-corrected chi connectivity index (χ1v) is 13.0. The van der Waals surface area contributed by atoms with Crippen LogP contribution in [-0.2, 0) is 5.41 Å². The predicted octanol–water partition coefficient (Wildman–Crippen LogP) is 9.68. The molecule has 0 amide bonds. The van der Waals surface area contributed by atoms with Gasteiger partial charge in [0.25, 0.3) is 0 Å². The number of halogens is 1. The Morgan fingerprint density at radius 3 is 2.29 bits per heavy atom. The summed E-state index contributed by atoms with van der Waals surface area (Å²) in [7, 11) is 0. The summed E-state index contributed by atoms with van der Waals surface area (Å²) in [6.45, 7) is 9.49. The molecule has 0 radical (unpaired) electrons. The van der Waals surface area contributed by atoms with Gasteiger partial charge >= 0.3 is 0 Å². The van der Waals surface area contributed by atoms with E-state index in [4.69, 9.17) is 0 Å².